The Morgan fingerprint density at radius 2 is 1.87 bits per heavy atom. The zero-order chi connectivity index (χ0) is 21.6. The van der Waals surface area contributed by atoms with Crippen molar-refractivity contribution in [1.29, 1.82) is 0 Å². The Bertz CT molecular complexity index is 757. The third-order valence-corrected chi connectivity index (χ3v) is 6.95. The average Bonchev–Trinajstić information content (AvgIpc) is 3.47. The number of anilines is 1. The minimum absolute atomic E-state index is 0.109. The molecule has 1 aliphatic carbocycles. The van der Waals surface area contributed by atoms with E-state index in [1.165, 1.54) is 12.8 Å². The summed E-state index contributed by atoms with van der Waals surface area (Å²) >= 11 is 6.01. The summed E-state index contributed by atoms with van der Waals surface area (Å²) in [5, 5.41) is 6.67. The molecule has 0 aromatic heterocycles. The number of ether oxygens (including phenoxy) is 1. The van der Waals surface area contributed by atoms with E-state index < -0.39 is 0 Å². The molecule has 2 N–H and O–H groups in total. The number of nitrogens with one attached hydrogen (secondary N) is 2. The van der Waals surface area contributed by atoms with Gasteiger partial charge in [0.15, 0.2) is 0 Å². The maximum absolute atomic E-state index is 13.2. The topological polar surface area (TPSA) is 73.9 Å². The lowest BCUT2D eigenvalue weighted by molar-refractivity contribution is -0.129. The summed E-state index contributed by atoms with van der Waals surface area (Å²) in [5.74, 6) is 0.524. The molecular weight excluding hydrogens is 416 g/mol. The van der Waals surface area contributed by atoms with E-state index in [0.29, 0.717) is 49.4 Å². The second-order valence-corrected chi connectivity index (χ2v) is 9.27. The SMILES string of the molecule is O=C(NC[C@@H]1CCCO1)[C@@H](C1CCCC1)N1CCN(C(=O)Nc2cccc(Cl)c2)CC1. The molecule has 31 heavy (non-hydrogen) atoms. The Balaban J connectivity index is 1.32. The highest BCUT2D eigenvalue weighted by Crippen LogP contribution is 2.31. The number of rotatable bonds is 6. The smallest absolute Gasteiger partial charge is 0.321 e. The number of benzene rings is 1. The highest BCUT2D eigenvalue weighted by molar-refractivity contribution is 6.30. The van der Waals surface area contributed by atoms with E-state index in [1.54, 1.807) is 12.1 Å². The van der Waals surface area contributed by atoms with E-state index in [1.807, 2.05) is 17.0 Å². The molecule has 0 radical (unpaired) electrons. The molecule has 1 aromatic rings. The van der Waals surface area contributed by atoms with Crippen LogP contribution in [0.15, 0.2) is 24.3 Å². The van der Waals surface area contributed by atoms with Crippen LogP contribution in [0.1, 0.15) is 38.5 Å². The van der Waals surface area contributed by atoms with Gasteiger partial charge < -0.3 is 20.3 Å². The van der Waals surface area contributed by atoms with Gasteiger partial charge in [-0.3, -0.25) is 9.69 Å². The van der Waals surface area contributed by atoms with Crippen molar-refractivity contribution in [2.45, 2.75) is 50.7 Å². The van der Waals surface area contributed by atoms with Crippen molar-refractivity contribution in [3.63, 3.8) is 0 Å². The molecule has 0 spiro atoms. The van der Waals surface area contributed by atoms with Gasteiger partial charge in [-0.15, -0.1) is 0 Å². The molecular formula is C23H33ClN4O3. The number of nitrogens with zero attached hydrogens (tertiary/aromatic N) is 2. The van der Waals surface area contributed by atoms with E-state index in [-0.39, 0.29) is 24.1 Å². The van der Waals surface area contributed by atoms with Crippen molar-refractivity contribution >= 4 is 29.2 Å². The molecule has 3 amide bonds. The molecule has 1 aromatic carbocycles. The Labute approximate surface area is 189 Å². The van der Waals surface area contributed by atoms with Gasteiger partial charge in [-0.25, -0.2) is 4.79 Å². The van der Waals surface area contributed by atoms with Crippen LogP contribution in [0, 0.1) is 5.92 Å². The summed E-state index contributed by atoms with van der Waals surface area (Å²) in [6, 6.07) is 6.93. The van der Waals surface area contributed by atoms with Crippen LogP contribution in [0.5, 0.6) is 0 Å². The quantitative estimate of drug-likeness (QED) is 0.700. The molecule has 3 fully saturated rings. The van der Waals surface area contributed by atoms with Gasteiger partial charge in [0.05, 0.1) is 12.1 Å². The summed E-state index contributed by atoms with van der Waals surface area (Å²) in [7, 11) is 0. The molecule has 4 rings (SSSR count). The van der Waals surface area contributed by atoms with Crippen molar-refractivity contribution in [2.24, 2.45) is 5.92 Å². The summed E-state index contributed by atoms with van der Waals surface area (Å²) in [4.78, 5) is 29.9. The number of piperazine rings is 1. The summed E-state index contributed by atoms with van der Waals surface area (Å²) in [5.41, 5.74) is 0.692. The number of carbonyl (C=O) groups excluding carboxylic acids is 2. The number of hydrogen-bond donors (Lipinski definition) is 2. The first-order valence-corrected chi connectivity index (χ1v) is 11.9. The van der Waals surface area contributed by atoms with E-state index in [4.69, 9.17) is 16.3 Å². The zero-order valence-corrected chi connectivity index (χ0v) is 18.8. The van der Waals surface area contributed by atoms with Crippen LogP contribution < -0.4 is 10.6 Å². The lowest BCUT2D eigenvalue weighted by Crippen LogP contribution is -2.58. The van der Waals surface area contributed by atoms with Crippen molar-refractivity contribution < 1.29 is 14.3 Å². The Morgan fingerprint density at radius 3 is 2.55 bits per heavy atom. The molecule has 2 heterocycles. The van der Waals surface area contributed by atoms with Gasteiger partial charge in [0.25, 0.3) is 0 Å². The first-order chi connectivity index (χ1) is 15.1. The predicted molar refractivity (Wildman–Crippen MR) is 121 cm³/mol. The van der Waals surface area contributed by atoms with Gasteiger partial charge in [-0.2, -0.15) is 0 Å². The van der Waals surface area contributed by atoms with Crippen molar-refractivity contribution in [2.75, 3.05) is 44.6 Å². The van der Waals surface area contributed by atoms with E-state index in [9.17, 15) is 9.59 Å². The summed E-state index contributed by atoms with van der Waals surface area (Å²) < 4.78 is 5.66. The number of carbonyl (C=O) groups is 2. The Kier molecular flexibility index (Phi) is 7.69. The van der Waals surface area contributed by atoms with E-state index in [0.717, 1.165) is 32.3 Å². The second kappa shape index (κ2) is 10.7. The Morgan fingerprint density at radius 1 is 1.10 bits per heavy atom. The highest BCUT2D eigenvalue weighted by Gasteiger charge is 2.37. The third-order valence-electron chi connectivity index (χ3n) is 6.71. The molecule has 3 aliphatic rings. The first-order valence-electron chi connectivity index (χ1n) is 11.5. The molecule has 0 unspecified atom stereocenters. The highest BCUT2D eigenvalue weighted by atomic mass is 35.5. The summed E-state index contributed by atoms with van der Waals surface area (Å²) in [6.45, 7) is 4.02. The zero-order valence-electron chi connectivity index (χ0n) is 18.0. The van der Waals surface area contributed by atoms with Gasteiger partial charge in [-0.05, 0) is 49.8 Å². The predicted octanol–water partition coefficient (Wildman–Crippen LogP) is 3.34. The van der Waals surface area contributed by atoms with Crippen LogP contribution in [0.25, 0.3) is 0 Å². The minimum Gasteiger partial charge on any atom is -0.376 e. The normalized spacial score (nSPS) is 23.6. The van der Waals surface area contributed by atoms with Crippen molar-refractivity contribution in [3.05, 3.63) is 29.3 Å². The molecule has 0 bridgehead atoms. The van der Waals surface area contributed by atoms with Crippen LogP contribution in [-0.4, -0.2) is 73.2 Å². The fourth-order valence-corrected chi connectivity index (χ4v) is 5.24. The molecule has 8 heteroatoms. The Hall–Kier alpha value is -1.83. The largest absolute Gasteiger partial charge is 0.376 e. The fourth-order valence-electron chi connectivity index (χ4n) is 5.05. The van der Waals surface area contributed by atoms with Crippen LogP contribution in [0.3, 0.4) is 0 Å². The van der Waals surface area contributed by atoms with Crippen LogP contribution in [0.4, 0.5) is 10.5 Å². The fraction of sp³-hybridized carbons (Fsp3) is 0.652. The maximum atomic E-state index is 13.2. The monoisotopic (exact) mass is 448 g/mol. The van der Waals surface area contributed by atoms with Gasteiger partial charge in [0.2, 0.25) is 5.91 Å². The van der Waals surface area contributed by atoms with Crippen molar-refractivity contribution in [1.82, 2.24) is 15.1 Å². The molecule has 7 nitrogen and oxygen atoms in total. The molecule has 2 atom stereocenters. The standard InChI is InChI=1S/C23H33ClN4O3/c24-18-7-3-8-19(15-18)26-23(30)28-12-10-27(11-13-28)21(17-5-1-2-6-17)22(29)25-16-20-9-4-14-31-20/h3,7-8,15,17,20-21H,1-2,4-6,9-14,16H2,(H,25,29)(H,26,30)/t20-,21+/m0/s1. The molecule has 2 aliphatic heterocycles. The van der Waals surface area contributed by atoms with Gasteiger partial charge in [0, 0.05) is 50.0 Å². The lowest BCUT2D eigenvalue weighted by atomic mass is 9.95. The average molecular weight is 449 g/mol. The molecule has 2 saturated heterocycles. The van der Waals surface area contributed by atoms with Gasteiger partial charge >= 0.3 is 6.03 Å². The molecule has 170 valence electrons. The van der Waals surface area contributed by atoms with Gasteiger partial charge in [0.1, 0.15) is 0 Å². The summed E-state index contributed by atoms with van der Waals surface area (Å²) in [6.07, 6.45) is 6.85. The van der Waals surface area contributed by atoms with Crippen LogP contribution in [0.2, 0.25) is 5.02 Å². The van der Waals surface area contributed by atoms with E-state index >= 15 is 0 Å². The maximum Gasteiger partial charge on any atom is 0.321 e. The van der Waals surface area contributed by atoms with Crippen molar-refractivity contribution in [3.8, 4) is 0 Å². The lowest BCUT2D eigenvalue weighted by Gasteiger charge is -2.40. The van der Waals surface area contributed by atoms with Gasteiger partial charge in [-0.1, -0.05) is 30.5 Å². The van der Waals surface area contributed by atoms with Crippen LogP contribution >= 0.6 is 11.6 Å². The third kappa shape index (κ3) is 5.90. The van der Waals surface area contributed by atoms with Crippen LogP contribution in [-0.2, 0) is 9.53 Å². The number of halogens is 1. The minimum atomic E-state index is -0.123. The molecule has 1 saturated carbocycles. The number of urea groups is 1. The number of hydrogen-bond acceptors (Lipinski definition) is 4. The second-order valence-electron chi connectivity index (χ2n) is 8.83. The number of amides is 3. The first kappa shape index (κ1) is 22.4. The van der Waals surface area contributed by atoms with E-state index in [2.05, 4.69) is 15.5 Å².